The van der Waals surface area contributed by atoms with E-state index < -0.39 is 0 Å². The molecule has 2 heterocycles. The molecule has 0 aliphatic heterocycles. The summed E-state index contributed by atoms with van der Waals surface area (Å²) < 4.78 is 0. The van der Waals surface area contributed by atoms with E-state index in [1.165, 1.54) is 11.0 Å². The summed E-state index contributed by atoms with van der Waals surface area (Å²) in [6, 6.07) is 13.2. The lowest BCUT2D eigenvalue weighted by molar-refractivity contribution is 0.765. The predicted molar refractivity (Wildman–Crippen MR) is 100 cm³/mol. The molecule has 10 heteroatoms. The molecule has 132 valence electrons. The molecule has 0 spiro atoms. The molecule has 0 radical (unpaired) electrons. The third-order valence-electron chi connectivity index (χ3n) is 3.86. The van der Waals surface area contributed by atoms with Crippen LogP contribution in [-0.2, 0) is 0 Å². The van der Waals surface area contributed by atoms with E-state index >= 15 is 0 Å². The molecule has 0 saturated carbocycles. The van der Waals surface area contributed by atoms with E-state index in [2.05, 4.69) is 36.1 Å². The molecule has 0 aliphatic rings. The van der Waals surface area contributed by atoms with Gasteiger partial charge in [0.25, 0.3) is 0 Å². The fraction of sp³-hybridized carbons (Fsp3) is 0.0588. The van der Waals surface area contributed by atoms with E-state index in [0.29, 0.717) is 10.5 Å². The molecule has 4 aromatic rings. The molecule has 0 saturated heterocycles. The van der Waals surface area contributed by atoms with Crippen LogP contribution in [-0.4, -0.2) is 35.6 Å². The number of nitriles is 1. The summed E-state index contributed by atoms with van der Waals surface area (Å²) in [6.07, 6.45) is 1.51. The zero-order valence-electron chi connectivity index (χ0n) is 14.0. The van der Waals surface area contributed by atoms with Gasteiger partial charge in [0.1, 0.15) is 22.7 Å². The number of benzene rings is 2. The van der Waals surface area contributed by atoms with Gasteiger partial charge in [0.15, 0.2) is 0 Å². The molecular formula is C17H12ClN9. The first-order valence-electron chi connectivity index (χ1n) is 7.88. The first-order chi connectivity index (χ1) is 13.1. The highest BCUT2D eigenvalue weighted by atomic mass is 35.5. The lowest BCUT2D eigenvalue weighted by Gasteiger charge is -2.01. The van der Waals surface area contributed by atoms with Crippen molar-refractivity contribution in [3.8, 4) is 11.8 Å². The smallest absolute Gasteiger partial charge is 0.216 e. The number of anilines is 1. The van der Waals surface area contributed by atoms with Gasteiger partial charge in [-0.05, 0) is 48.0 Å². The second-order valence-corrected chi connectivity index (χ2v) is 6.08. The van der Waals surface area contributed by atoms with E-state index in [1.807, 2.05) is 49.4 Å². The van der Waals surface area contributed by atoms with Crippen molar-refractivity contribution in [2.45, 2.75) is 6.92 Å². The molecule has 0 fully saturated rings. The number of aromatic nitrogens is 7. The molecule has 0 amide bonds. The van der Waals surface area contributed by atoms with Gasteiger partial charge in [0, 0.05) is 16.9 Å². The van der Waals surface area contributed by atoms with Gasteiger partial charge in [-0.1, -0.05) is 17.7 Å². The van der Waals surface area contributed by atoms with E-state index in [9.17, 15) is 5.26 Å². The maximum absolute atomic E-state index is 9.20. The fourth-order valence-corrected chi connectivity index (χ4v) is 2.58. The molecule has 0 aliphatic carbocycles. The zero-order valence-corrected chi connectivity index (χ0v) is 14.8. The second kappa shape index (κ2) is 6.86. The van der Waals surface area contributed by atoms with Crippen LogP contribution in [0.15, 0.2) is 42.6 Å². The monoisotopic (exact) mass is 377 g/mol. The van der Waals surface area contributed by atoms with Crippen molar-refractivity contribution in [3.63, 3.8) is 0 Å². The van der Waals surface area contributed by atoms with Crippen molar-refractivity contribution in [2.24, 2.45) is 0 Å². The van der Waals surface area contributed by atoms with Crippen LogP contribution in [0.5, 0.6) is 0 Å². The summed E-state index contributed by atoms with van der Waals surface area (Å²) in [5, 5.41) is 35.2. The Kier molecular flexibility index (Phi) is 4.24. The number of rotatable bonds is 4. The minimum absolute atomic E-state index is 0.216. The average Bonchev–Trinajstić information content (AvgIpc) is 3.34. The molecule has 2 N–H and O–H groups in total. The maximum Gasteiger partial charge on any atom is 0.216 e. The third-order valence-corrected chi connectivity index (χ3v) is 4.26. The largest absolute Gasteiger partial charge is 0.360 e. The van der Waals surface area contributed by atoms with Crippen molar-refractivity contribution in [1.29, 1.82) is 5.26 Å². The molecule has 0 unspecified atom stereocenters. The van der Waals surface area contributed by atoms with Crippen LogP contribution in [0.3, 0.4) is 0 Å². The van der Waals surface area contributed by atoms with E-state index in [4.69, 9.17) is 11.6 Å². The van der Waals surface area contributed by atoms with Crippen molar-refractivity contribution in [2.75, 3.05) is 5.32 Å². The Hall–Kier alpha value is -3.77. The first kappa shape index (κ1) is 16.7. The van der Waals surface area contributed by atoms with Gasteiger partial charge in [0.05, 0.1) is 5.69 Å². The summed E-state index contributed by atoms with van der Waals surface area (Å²) in [5.74, 6) is 0.216. The molecule has 0 atom stereocenters. The summed E-state index contributed by atoms with van der Waals surface area (Å²) in [5.41, 5.74) is 4.20. The molecular weight excluding hydrogens is 366 g/mol. The Labute approximate surface area is 158 Å². The van der Waals surface area contributed by atoms with E-state index in [1.54, 1.807) is 0 Å². The minimum Gasteiger partial charge on any atom is -0.360 e. The topological polar surface area (TPSA) is 121 Å². The quantitative estimate of drug-likeness (QED) is 0.524. The number of nitrogens with zero attached hydrogens (tertiary/aromatic N) is 7. The van der Waals surface area contributed by atoms with Gasteiger partial charge < -0.3 is 5.32 Å². The number of hydrogen-bond acceptors (Lipinski definition) is 7. The van der Waals surface area contributed by atoms with E-state index in [0.717, 1.165) is 22.5 Å². The summed E-state index contributed by atoms with van der Waals surface area (Å²) in [6.45, 7) is 1.94. The lowest BCUT2D eigenvalue weighted by Crippen LogP contribution is -1.98. The van der Waals surface area contributed by atoms with E-state index in [-0.39, 0.29) is 11.4 Å². The third kappa shape index (κ3) is 3.33. The van der Waals surface area contributed by atoms with Gasteiger partial charge in [-0.2, -0.15) is 15.3 Å². The second-order valence-electron chi connectivity index (χ2n) is 5.68. The first-order valence-corrected chi connectivity index (χ1v) is 8.26. The Balaban J connectivity index is 1.63. The van der Waals surface area contributed by atoms with Crippen LogP contribution in [0.1, 0.15) is 11.4 Å². The number of halogens is 1. The van der Waals surface area contributed by atoms with Crippen LogP contribution < -0.4 is 5.32 Å². The van der Waals surface area contributed by atoms with Crippen molar-refractivity contribution >= 4 is 33.9 Å². The number of aromatic amines is 1. The van der Waals surface area contributed by atoms with Crippen LogP contribution in [0.4, 0.5) is 5.69 Å². The summed E-state index contributed by atoms with van der Waals surface area (Å²) >= 11 is 6.19. The van der Waals surface area contributed by atoms with Gasteiger partial charge in [-0.25, -0.2) is 0 Å². The Bertz CT molecular complexity index is 1190. The maximum atomic E-state index is 9.20. The highest BCUT2D eigenvalue weighted by Gasteiger charge is 2.08. The predicted octanol–water partition coefficient (Wildman–Crippen LogP) is 2.87. The van der Waals surface area contributed by atoms with Gasteiger partial charge >= 0.3 is 0 Å². The zero-order chi connectivity index (χ0) is 18.8. The molecule has 0 bridgehead atoms. The van der Waals surface area contributed by atoms with Crippen molar-refractivity contribution in [1.82, 2.24) is 35.6 Å². The number of H-pyrrole nitrogens is 1. The molecule has 2 aromatic heterocycles. The molecule has 9 nitrogen and oxygen atoms in total. The molecule has 27 heavy (non-hydrogen) atoms. The Morgan fingerprint density at radius 1 is 1.22 bits per heavy atom. The number of hydrogen-bond donors (Lipinski definition) is 2. The number of fused-ring (bicyclic) bond motifs is 1. The summed E-state index contributed by atoms with van der Waals surface area (Å²) in [7, 11) is 0. The molecule has 2 aromatic carbocycles. The minimum atomic E-state index is 0.216. The average molecular weight is 378 g/mol. The highest BCUT2D eigenvalue weighted by Crippen LogP contribution is 2.21. The summed E-state index contributed by atoms with van der Waals surface area (Å²) in [4.78, 5) is 1.54. The van der Waals surface area contributed by atoms with Crippen molar-refractivity contribution < 1.29 is 0 Å². The lowest BCUT2D eigenvalue weighted by atomic mass is 10.2. The van der Waals surface area contributed by atoms with Gasteiger partial charge in [0.2, 0.25) is 5.82 Å². The Morgan fingerprint density at radius 2 is 2.07 bits per heavy atom. The van der Waals surface area contributed by atoms with Crippen LogP contribution in [0.2, 0.25) is 5.02 Å². The number of allylic oxidation sites excluding steroid dienone is 1. The Morgan fingerprint density at radius 3 is 2.81 bits per heavy atom. The van der Waals surface area contributed by atoms with Crippen molar-refractivity contribution in [3.05, 3.63) is 59.0 Å². The fourth-order valence-electron chi connectivity index (χ4n) is 2.40. The molecule has 4 rings (SSSR count). The standard InChI is InChI=1S/C17H12ClN9/c1-10-2-4-13(7-14(10)18)27-23-15-5-3-12(6-16(15)24-27)20-9-11(8-19)17-21-25-26-22-17/h2-7,9,20H,1H3,(H,21,22,25,26). The number of nitrogens with one attached hydrogen (secondary N) is 2. The highest BCUT2D eigenvalue weighted by molar-refractivity contribution is 6.31. The normalized spacial score (nSPS) is 11.5. The van der Waals surface area contributed by atoms with Crippen LogP contribution >= 0.6 is 11.6 Å². The number of tetrazole rings is 1. The SMILES string of the molecule is Cc1ccc(-n2nc3ccc(NC=C(C#N)c4nn[nH]n4)cc3n2)cc1Cl. The number of aryl methyl sites for hydroxylation is 1. The van der Waals surface area contributed by atoms with Crippen LogP contribution in [0.25, 0.3) is 22.3 Å². The van der Waals surface area contributed by atoms with Gasteiger partial charge in [-0.3, -0.25) is 0 Å². The van der Waals surface area contributed by atoms with Crippen LogP contribution in [0, 0.1) is 18.3 Å². The van der Waals surface area contributed by atoms with Gasteiger partial charge in [-0.15, -0.1) is 20.4 Å².